The van der Waals surface area contributed by atoms with Crippen LogP contribution < -0.4 is 10.1 Å². The van der Waals surface area contributed by atoms with E-state index in [0.717, 1.165) is 0 Å². The van der Waals surface area contributed by atoms with Crippen LogP contribution in [0.5, 0.6) is 5.75 Å². The van der Waals surface area contributed by atoms with E-state index in [1.807, 2.05) is 20.8 Å². The second-order valence-electron chi connectivity index (χ2n) is 5.01. The van der Waals surface area contributed by atoms with Crippen LogP contribution in [0.4, 0.5) is 0 Å². The highest BCUT2D eigenvalue weighted by Crippen LogP contribution is 2.29. The summed E-state index contributed by atoms with van der Waals surface area (Å²) in [5.74, 6) is -1.26. The molecule has 0 unspecified atom stereocenters. The van der Waals surface area contributed by atoms with E-state index in [2.05, 4.69) is 21.2 Å². The topological polar surface area (TPSA) is 75.6 Å². The van der Waals surface area contributed by atoms with Crippen molar-refractivity contribution >= 4 is 27.8 Å². The van der Waals surface area contributed by atoms with E-state index in [0.29, 0.717) is 4.47 Å². The molecule has 0 aliphatic rings. The van der Waals surface area contributed by atoms with E-state index in [1.165, 1.54) is 6.07 Å². The number of hydrogen-bond donors (Lipinski definition) is 2. The molecular formula is C13H16BrNO4. The summed E-state index contributed by atoms with van der Waals surface area (Å²) in [6, 6.07) is 4.67. The summed E-state index contributed by atoms with van der Waals surface area (Å²) >= 11 is 3.21. The van der Waals surface area contributed by atoms with Crippen molar-refractivity contribution in [3.05, 3.63) is 28.2 Å². The zero-order chi connectivity index (χ0) is 14.6. The molecule has 1 rings (SSSR count). The molecule has 0 fully saturated rings. The first kappa shape index (κ1) is 15.5. The first-order valence-corrected chi connectivity index (χ1v) is 6.45. The van der Waals surface area contributed by atoms with Crippen LogP contribution in [0.3, 0.4) is 0 Å². The van der Waals surface area contributed by atoms with Gasteiger partial charge in [-0.3, -0.25) is 4.79 Å². The lowest BCUT2D eigenvalue weighted by atomic mass is 10.1. The van der Waals surface area contributed by atoms with Gasteiger partial charge in [-0.25, -0.2) is 4.79 Å². The maximum Gasteiger partial charge on any atom is 0.339 e. The summed E-state index contributed by atoms with van der Waals surface area (Å²) < 4.78 is 5.79. The third-order valence-electron chi connectivity index (χ3n) is 2.06. The average molecular weight is 330 g/mol. The summed E-state index contributed by atoms with van der Waals surface area (Å²) in [6.45, 7) is 5.32. The number of amides is 1. The Morgan fingerprint density at radius 2 is 2.00 bits per heavy atom. The van der Waals surface area contributed by atoms with Crippen LogP contribution in [0.25, 0.3) is 0 Å². The molecule has 0 bridgehead atoms. The Hall–Kier alpha value is -1.56. The molecule has 2 N–H and O–H groups in total. The molecule has 0 aliphatic carbocycles. The molecule has 0 spiro atoms. The van der Waals surface area contributed by atoms with Gasteiger partial charge in [0.2, 0.25) is 0 Å². The lowest BCUT2D eigenvalue weighted by Gasteiger charge is -2.20. The van der Waals surface area contributed by atoms with Gasteiger partial charge in [0, 0.05) is 5.54 Å². The first-order valence-electron chi connectivity index (χ1n) is 5.66. The van der Waals surface area contributed by atoms with Gasteiger partial charge in [-0.2, -0.15) is 0 Å². The fourth-order valence-electron chi connectivity index (χ4n) is 1.42. The van der Waals surface area contributed by atoms with Crippen molar-refractivity contribution < 1.29 is 19.4 Å². The molecule has 0 aromatic heterocycles. The molecule has 19 heavy (non-hydrogen) atoms. The molecule has 1 amide bonds. The highest BCUT2D eigenvalue weighted by Gasteiger charge is 2.17. The Labute approximate surface area is 120 Å². The smallest absolute Gasteiger partial charge is 0.339 e. The lowest BCUT2D eigenvalue weighted by Crippen LogP contribution is -2.43. The van der Waals surface area contributed by atoms with Crippen LogP contribution in [0.1, 0.15) is 31.1 Å². The van der Waals surface area contributed by atoms with Gasteiger partial charge < -0.3 is 15.2 Å². The van der Waals surface area contributed by atoms with E-state index in [-0.39, 0.29) is 29.4 Å². The Morgan fingerprint density at radius 3 is 2.53 bits per heavy atom. The first-order chi connectivity index (χ1) is 8.70. The van der Waals surface area contributed by atoms with Crippen molar-refractivity contribution in [2.75, 3.05) is 6.61 Å². The van der Waals surface area contributed by atoms with Crippen molar-refractivity contribution in [2.45, 2.75) is 26.3 Å². The normalized spacial score (nSPS) is 10.9. The largest absolute Gasteiger partial charge is 0.482 e. The summed E-state index contributed by atoms with van der Waals surface area (Å²) in [6.07, 6.45) is 0. The molecule has 0 saturated heterocycles. The number of benzene rings is 1. The van der Waals surface area contributed by atoms with Gasteiger partial charge in [0.25, 0.3) is 5.91 Å². The van der Waals surface area contributed by atoms with Crippen molar-refractivity contribution in [3.8, 4) is 5.75 Å². The number of nitrogens with one attached hydrogen (secondary N) is 1. The lowest BCUT2D eigenvalue weighted by molar-refractivity contribution is -0.124. The van der Waals surface area contributed by atoms with E-state index in [9.17, 15) is 9.59 Å². The number of carboxylic acids is 1. The van der Waals surface area contributed by atoms with E-state index < -0.39 is 5.97 Å². The van der Waals surface area contributed by atoms with Gasteiger partial charge >= 0.3 is 5.97 Å². The molecule has 5 nitrogen and oxygen atoms in total. The molecule has 6 heteroatoms. The van der Waals surface area contributed by atoms with Gasteiger partial charge in [-0.15, -0.1) is 0 Å². The number of para-hydroxylation sites is 1. The Morgan fingerprint density at radius 1 is 1.37 bits per heavy atom. The second kappa shape index (κ2) is 6.06. The van der Waals surface area contributed by atoms with Crippen LogP contribution in [0.2, 0.25) is 0 Å². The Kier molecular flexibility index (Phi) is 4.94. The maximum atomic E-state index is 11.6. The van der Waals surface area contributed by atoms with Crippen LogP contribution in [0.15, 0.2) is 22.7 Å². The second-order valence-corrected chi connectivity index (χ2v) is 5.86. The number of carboxylic acid groups (broad SMARTS) is 1. The monoisotopic (exact) mass is 329 g/mol. The molecule has 0 radical (unpaired) electrons. The van der Waals surface area contributed by atoms with Crippen molar-refractivity contribution in [1.29, 1.82) is 0 Å². The van der Waals surface area contributed by atoms with Crippen LogP contribution in [0, 0.1) is 0 Å². The third-order valence-corrected chi connectivity index (χ3v) is 2.68. The van der Waals surface area contributed by atoms with Crippen molar-refractivity contribution in [2.24, 2.45) is 0 Å². The summed E-state index contributed by atoms with van der Waals surface area (Å²) in [4.78, 5) is 22.7. The van der Waals surface area contributed by atoms with E-state index >= 15 is 0 Å². The third kappa shape index (κ3) is 4.90. The van der Waals surface area contributed by atoms with Crippen molar-refractivity contribution in [1.82, 2.24) is 5.32 Å². The van der Waals surface area contributed by atoms with Gasteiger partial charge in [0.1, 0.15) is 11.3 Å². The quantitative estimate of drug-likeness (QED) is 0.889. The fraction of sp³-hybridized carbons (Fsp3) is 0.385. The van der Waals surface area contributed by atoms with E-state index in [4.69, 9.17) is 9.84 Å². The Bertz CT molecular complexity index is 494. The summed E-state index contributed by atoms with van der Waals surface area (Å²) in [5.41, 5.74) is -0.345. The van der Waals surface area contributed by atoms with E-state index in [1.54, 1.807) is 12.1 Å². The number of hydrogen-bond acceptors (Lipinski definition) is 3. The number of carbonyl (C=O) groups excluding carboxylic acids is 1. The fourth-order valence-corrected chi connectivity index (χ4v) is 1.90. The van der Waals surface area contributed by atoms with Gasteiger partial charge in [0.05, 0.1) is 4.47 Å². The van der Waals surface area contributed by atoms with Gasteiger partial charge in [-0.1, -0.05) is 6.07 Å². The number of rotatable bonds is 4. The molecule has 1 aromatic rings. The number of aromatic carboxylic acids is 1. The average Bonchev–Trinajstić information content (AvgIpc) is 2.24. The maximum absolute atomic E-state index is 11.6. The van der Waals surface area contributed by atoms with Crippen LogP contribution >= 0.6 is 15.9 Å². The number of ether oxygens (including phenoxy) is 1. The SMILES string of the molecule is CC(C)(C)NC(=O)COc1c(Br)cccc1C(=O)O. The summed E-state index contributed by atoms with van der Waals surface area (Å²) in [7, 11) is 0. The Balaban J connectivity index is 2.78. The van der Waals surface area contributed by atoms with Crippen molar-refractivity contribution in [3.63, 3.8) is 0 Å². The zero-order valence-corrected chi connectivity index (χ0v) is 12.6. The summed E-state index contributed by atoms with van der Waals surface area (Å²) in [5, 5.41) is 11.8. The number of halogens is 1. The number of carbonyl (C=O) groups is 2. The van der Waals surface area contributed by atoms with Crippen LogP contribution in [-0.4, -0.2) is 29.1 Å². The highest BCUT2D eigenvalue weighted by atomic mass is 79.9. The van der Waals surface area contributed by atoms with Gasteiger partial charge in [-0.05, 0) is 48.8 Å². The molecule has 1 aromatic carbocycles. The zero-order valence-electron chi connectivity index (χ0n) is 11.0. The van der Waals surface area contributed by atoms with Crippen LogP contribution in [-0.2, 0) is 4.79 Å². The predicted octanol–water partition coefficient (Wildman–Crippen LogP) is 2.44. The minimum absolute atomic E-state index is 0.0120. The molecule has 0 atom stereocenters. The predicted molar refractivity (Wildman–Crippen MR) is 74.5 cm³/mol. The standard InChI is InChI=1S/C13H16BrNO4/c1-13(2,3)15-10(16)7-19-11-8(12(17)18)5-4-6-9(11)14/h4-6H,7H2,1-3H3,(H,15,16)(H,17,18). The minimum atomic E-state index is -1.10. The minimum Gasteiger partial charge on any atom is -0.482 e. The van der Waals surface area contributed by atoms with Gasteiger partial charge in [0.15, 0.2) is 6.61 Å². The molecule has 0 heterocycles. The molecule has 0 aliphatic heterocycles. The molecular weight excluding hydrogens is 314 g/mol. The molecule has 104 valence electrons. The highest BCUT2D eigenvalue weighted by molar-refractivity contribution is 9.10. The molecule has 0 saturated carbocycles.